The molecule has 6 nitrogen and oxygen atoms in total. The number of amides is 2. The number of carbonyl (C=O) groups excluding carboxylic acids is 1. The minimum Gasteiger partial charge on any atom is -0.334 e. The molecule has 0 bridgehead atoms. The molecule has 0 aliphatic rings. The largest absolute Gasteiger partial charge is 0.334 e. The highest BCUT2D eigenvalue weighted by molar-refractivity contribution is 7.92. The van der Waals surface area contributed by atoms with Gasteiger partial charge in [0.2, 0.25) is 10.0 Å². The van der Waals surface area contributed by atoms with Gasteiger partial charge in [0.15, 0.2) is 0 Å². The van der Waals surface area contributed by atoms with E-state index in [1.165, 1.54) is 0 Å². The number of urea groups is 1. The Morgan fingerprint density at radius 1 is 1.00 bits per heavy atom. The molecule has 8 heteroatoms. The molecule has 0 saturated heterocycles. The summed E-state index contributed by atoms with van der Waals surface area (Å²) in [5.41, 5.74) is 2.18. The zero-order chi connectivity index (χ0) is 17.6. The van der Waals surface area contributed by atoms with Gasteiger partial charge in [0.05, 0.1) is 6.26 Å². The quantitative estimate of drug-likeness (QED) is 0.733. The Morgan fingerprint density at radius 3 is 2.25 bits per heavy atom. The van der Waals surface area contributed by atoms with Crippen molar-refractivity contribution in [2.45, 2.75) is 13.1 Å². The van der Waals surface area contributed by atoms with Gasteiger partial charge in [0, 0.05) is 23.8 Å². The van der Waals surface area contributed by atoms with Crippen molar-refractivity contribution in [3.63, 3.8) is 0 Å². The zero-order valence-corrected chi connectivity index (χ0v) is 14.6. The molecular formula is C16H18ClN3O3S. The molecule has 0 spiro atoms. The lowest BCUT2D eigenvalue weighted by molar-refractivity contribution is 0.240. The fourth-order valence-corrected chi connectivity index (χ4v) is 2.67. The highest BCUT2D eigenvalue weighted by Gasteiger charge is 2.04. The summed E-state index contributed by atoms with van der Waals surface area (Å²) in [6, 6.07) is 13.7. The van der Waals surface area contributed by atoms with Gasteiger partial charge in [-0.1, -0.05) is 35.9 Å². The fraction of sp³-hybridized carbons (Fsp3) is 0.188. The minimum atomic E-state index is -3.33. The monoisotopic (exact) mass is 367 g/mol. The molecule has 3 N–H and O–H groups in total. The van der Waals surface area contributed by atoms with Crippen molar-refractivity contribution in [1.29, 1.82) is 0 Å². The summed E-state index contributed by atoms with van der Waals surface area (Å²) in [5.74, 6) is 0. The van der Waals surface area contributed by atoms with Crippen LogP contribution in [0.5, 0.6) is 0 Å². The molecule has 2 rings (SSSR count). The van der Waals surface area contributed by atoms with Crippen molar-refractivity contribution in [1.82, 2.24) is 10.6 Å². The van der Waals surface area contributed by atoms with Gasteiger partial charge in [0.1, 0.15) is 0 Å². The number of sulfonamides is 1. The second-order valence-electron chi connectivity index (χ2n) is 5.24. The molecule has 0 aromatic heterocycles. The summed E-state index contributed by atoms with van der Waals surface area (Å²) in [6.07, 6.45) is 1.09. The van der Waals surface area contributed by atoms with Crippen LogP contribution in [0.15, 0.2) is 48.5 Å². The maximum atomic E-state index is 11.8. The van der Waals surface area contributed by atoms with Gasteiger partial charge in [-0.25, -0.2) is 13.2 Å². The van der Waals surface area contributed by atoms with Crippen molar-refractivity contribution in [3.05, 3.63) is 64.7 Å². The zero-order valence-electron chi connectivity index (χ0n) is 13.0. The minimum absolute atomic E-state index is 0.283. The van der Waals surface area contributed by atoms with Crippen LogP contribution in [0.2, 0.25) is 5.02 Å². The van der Waals surface area contributed by atoms with E-state index < -0.39 is 10.0 Å². The van der Waals surface area contributed by atoms with Crippen LogP contribution in [0.25, 0.3) is 0 Å². The third-order valence-electron chi connectivity index (χ3n) is 3.05. The number of nitrogens with one attached hydrogen (secondary N) is 3. The Morgan fingerprint density at radius 2 is 1.62 bits per heavy atom. The Kier molecular flexibility index (Phi) is 6.05. The molecule has 0 heterocycles. The molecule has 0 unspecified atom stereocenters. The highest BCUT2D eigenvalue weighted by atomic mass is 35.5. The number of anilines is 1. The van der Waals surface area contributed by atoms with E-state index >= 15 is 0 Å². The summed E-state index contributed by atoms with van der Waals surface area (Å²) < 4.78 is 24.8. The van der Waals surface area contributed by atoms with Gasteiger partial charge in [-0.15, -0.1) is 0 Å². The van der Waals surface area contributed by atoms with E-state index in [-0.39, 0.29) is 12.6 Å². The first-order valence-electron chi connectivity index (χ1n) is 7.15. The maximum Gasteiger partial charge on any atom is 0.315 e. The first kappa shape index (κ1) is 18.1. The van der Waals surface area contributed by atoms with E-state index in [1.54, 1.807) is 36.4 Å². The van der Waals surface area contributed by atoms with E-state index in [1.807, 2.05) is 12.1 Å². The maximum absolute atomic E-state index is 11.8. The average molecular weight is 368 g/mol. The van der Waals surface area contributed by atoms with Crippen LogP contribution >= 0.6 is 11.6 Å². The number of hydrogen-bond donors (Lipinski definition) is 3. The molecule has 0 aliphatic carbocycles. The van der Waals surface area contributed by atoms with E-state index in [0.717, 1.165) is 17.4 Å². The molecule has 0 radical (unpaired) electrons. The Bertz CT molecular complexity index is 808. The Hall–Kier alpha value is -2.25. The molecule has 0 atom stereocenters. The van der Waals surface area contributed by atoms with Gasteiger partial charge in [-0.2, -0.15) is 0 Å². The van der Waals surface area contributed by atoms with Crippen molar-refractivity contribution >= 4 is 33.3 Å². The van der Waals surface area contributed by atoms with Gasteiger partial charge < -0.3 is 10.6 Å². The van der Waals surface area contributed by atoms with Crippen molar-refractivity contribution < 1.29 is 13.2 Å². The second kappa shape index (κ2) is 8.03. The van der Waals surface area contributed by atoms with Crippen LogP contribution in [-0.4, -0.2) is 20.7 Å². The van der Waals surface area contributed by atoms with Crippen molar-refractivity contribution in [3.8, 4) is 0 Å². The lowest BCUT2D eigenvalue weighted by Crippen LogP contribution is -2.34. The number of carbonyl (C=O) groups is 1. The smallest absolute Gasteiger partial charge is 0.315 e. The van der Waals surface area contributed by atoms with Gasteiger partial charge in [0.25, 0.3) is 0 Å². The standard InChI is InChI=1S/C16H18ClN3O3S/c1-24(22,23)20-15-4-2-3-13(9-15)11-19-16(21)18-10-12-5-7-14(17)8-6-12/h2-9,20H,10-11H2,1H3,(H2,18,19,21). The predicted octanol–water partition coefficient (Wildman–Crippen LogP) is 2.71. The third kappa shape index (κ3) is 6.47. The lowest BCUT2D eigenvalue weighted by Gasteiger charge is -2.09. The predicted molar refractivity (Wildman–Crippen MR) is 95.4 cm³/mol. The Balaban J connectivity index is 1.83. The molecule has 0 aliphatic heterocycles. The normalized spacial score (nSPS) is 10.9. The van der Waals surface area contributed by atoms with Crippen molar-refractivity contribution in [2.24, 2.45) is 0 Å². The SMILES string of the molecule is CS(=O)(=O)Nc1cccc(CNC(=O)NCc2ccc(Cl)cc2)c1. The molecule has 0 fully saturated rings. The number of rotatable bonds is 6. The van der Waals surface area contributed by atoms with Crippen LogP contribution < -0.4 is 15.4 Å². The molecule has 0 saturated carbocycles. The summed E-state index contributed by atoms with van der Waals surface area (Å²) in [7, 11) is -3.33. The molecule has 2 aromatic rings. The fourth-order valence-electron chi connectivity index (χ4n) is 1.99. The van der Waals surface area contributed by atoms with Crippen LogP contribution in [0.4, 0.5) is 10.5 Å². The van der Waals surface area contributed by atoms with Gasteiger partial charge in [-0.3, -0.25) is 4.72 Å². The van der Waals surface area contributed by atoms with Crippen molar-refractivity contribution in [2.75, 3.05) is 11.0 Å². The first-order chi connectivity index (χ1) is 11.3. The molecule has 2 aromatic carbocycles. The summed E-state index contributed by atoms with van der Waals surface area (Å²) in [5, 5.41) is 6.10. The molecule has 2 amide bonds. The average Bonchev–Trinajstić information content (AvgIpc) is 2.51. The first-order valence-corrected chi connectivity index (χ1v) is 9.42. The number of halogens is 1. The molecular weight excluding hydrogens is 350 g/mol. The third-order valence-corrected chi connectivity index (χ3v) is 3.91. The summed E-state index contributed by atoms with van der Waals surface area (Å²) in [6.45, 7) is 0.671. The van der Waals surface area contributed by atoms with Gasteiger partial charge >= 0.3 is 6.03 Å². The van der Waals surface area contributed by atoms with Crippen LogP contribution in [0, 0.1) is 0 Å². The molecule has 128 valence electrons. The molecule has 24 heavy (non-hydrogen) atoms. The van der Waals surface area contributed by atoms with E-state index in [0.29, 0.717) is 17.3 Å². The topological polar surface area (TPSA) is 87.3 Å². The Labute approximate surface area is 146 Å². The van der Waals surface area contributed by atoms with Crippen LogP contribution in [0.1, 0.15) is 11.1 Å². The second-order valence-corrected chi connectivity index (χ2v) is 7.42. The van der Waals surface area contributed by atoms with Gasteiger partial charge in [-0.05, 0) is 35.4 Å². The van der Waals surface area contributed by atoms with E-state index in [2.05, 4.69) is 15.4 Å². The summed E-state index contributed by atoms with van der Waals surface area (Å²) in [4.78, 5) is 11.8. The van der Waals surface area contributed by atoms with Crippen LogP contribution in [0.3, 0.4) is 0 Å². The highest BCUT2D eigenvalue weighted by Crippen LogP contribution is 2.12. The summed E-state index contributed by atoms with van der Waals surface area (Å²) >= 11 is 5.80. The number of hydrogen-bond acceptors (Lipinski definition) is 3. The number of benzene rings is 2. The van der Waals surface area contributed by atoms with Crippen LogP contribution in [-0.2, 0) is 23.1 Å². The van der Waals surface area contributed by atoms with E-state index in [4.69, 9.17) is 11.6 Å². The van der Waals surface area contributed by atoms with E-state index in [9.17, 15) is 13.2 Å². The lowest BCUT2D eigenvalue weighted by atomic mass is 10.2.